The summed E-state index contributed by atoms with van der Waals surface area (Å²) in [6, 6.07) is 13.7. The standard InChI is InChI=1S/C25H36N2O5S/c1-2-3-4-20-5-11-25(12-6-20)33(30,31)27-15-13-21(14-16-27)17-26-18-23(29)19-32-24-9-7-22(28)8-10-24/h5-12,21,23,26,28-29H,2-4,13-19H2,1H3/t23-/m0/s1. The zero-order valence-electron chi connectivity index (χ0n) is 19.3. The third kappa shape index (κ3) is 7.71. The van der Waals surface area contributed by atoms with E-state index in [-0.39, 0.29) is 12.4 Å². The molecule has 0 unspecified atom stereocenters. The minimum absolute atomic E-state index is 0.158. The molecule has 0 amide bonds. The highest BCUT2D eigenvalue weighted by molar-refractivity contribution is 7.89. The highest BCUT2D eigenvalue weighted by Crippen LogP contribution is 2.24. The number of aliphatic hydroxyl groups excluding tert-OH is 1. The molecule has 1 heterocycles. The monoisotopic (exact) mass is 476 g/mol. The van der Waals surface area contributed by atoms with Crippen molar-refractivity contribution in [2.75, 3.05) is 32.8 Å². The fourth-order valence-corrected chi connectivity index (χ4v) is 5.43. The summed E-state index contributed by atoms with van der Waals surface area (Å²) < 4.78 is 33.1. The number of aromatic hydroxyl groups is 1. The van der Waals surface area contributed by atoms with Gasteiger partial charge in [-0.15, -0.1) is 0 Å². The maximum absolute atomic E-state index is 13.0. The first-order valence-electron chi connectivity index (χ1n) is 11.8. The molecule has 1 saturated heterocycles. The van der Waals surface area contributed by atoms with Gasteiger partial charge in [0.05, 0.1) is 4.90 Å². The number of nitrogens with one attached hydrogen (secondary N) is 1. The second-order valence-corrected chi connectivity index (χ2v) is 10.6. The molecule has 0 aliphatic carbocycles. The van der Waals surface area contributed by atoms with Gasteiger partial charge in [-0.25, -0.2) is 8.42 Å². The van der Waals surface area contributed by atoms with Crippen LogP contribution in [-0.2, 0) is 16.4 Å². The van der Waals surface area contributed by atoms with Gasteiger partial charge in [-0.3, -0.25) is 0 Å². The van der Waals surface area contributed by atoms with Crippen molar-refractivity contribution in [3.8, 4) is 11.5 Å². The molecule has 1 atom stereocenters. The summed E-state index contributed by atoms with van der Waals surface area (Å²) >= 11 is 0. The van der Waals surface area contributed by atoms with E-state index in [1.54, 1.807) is 28.6 Å². The zero-order valence-corrected chi connectivity index (χ0v) is 20.1. The Morgan fingerprint density at radius 2 is 1.76 bits per heavy atom. The van der Waals surface area contributed by atoms with E-state index in [0.717, 1.165) is 38.6 Å². The third-order valence-corrected chi connectivity index (χ3v) is 7.96. The lowest BCUT2D eigenvalue weighted by molar-refractivity contribution is 0.104. The van der Waals surface area contributed by atoms with Crippen molar-refractivity contribution in [2.45, 2.75) is 50.0 Å². The van der Waals surface area contributed by atoms with Crippen LogP contribution in [-0.4, -0.2) is 61.8 Å². The molecule has 33 heavy (non-hydrogen) atoms. The van der Waals surface area contributed by atoms with Gasteiger partial charge >= 0.3 is 0 Å². The Hall–Kier alpha value is -2.13. The van der Waals surface area contributed by atoms with Crippen molar-refractivity contribution >= 4 is 10.0 Å². The molecule has 1 aliphatic heterocycles. The second-order valence-electron chi connectivity index (χ2n) is 8.71. The first-order valence-corrected chi connectivity index (χ1v) is 13.2. The molecule has 0 spiro atoms. The predicted molar refractivity (Wildman–Crippen MR) is 129 cm³/mol. The summed E-state index contributed by atoms with van der Waals surface area (Å²) in [6.07, 6.45) is 4.14. The number of aryl methyl sites for hydroxylation is 1. The van der Waals surface area contributed by atoms with Crippen molar-refractivity contribution in [2.24, 2.45) is 5.92 Å². The van der Waals surface area contributed by atoms with E-state index >= 15 is 0 Å². The lowest BCUT2D eigenvalue weighted by atomic mass is 9.98. The average Bonchev–Trinajstić information content (AvgIpc) is 2.83. The highest BCUT2D eigenvalue weighted by atomic mass is 32.2. The molecule has 0 radical (unpaired) electrons. The molecule has 1 fully saturated rings. The van der Waals surface area contributed by atoms with Gasteiger partial charge in [0.1, 0.15) is 24.2 Å². The fraction of sp³-hybridized carbons (Fsp3) is 0.520. The first kappa shape index (κ1) is 25.5. The topological polar surface area (TPSA) is 99.1 Å². The lowest BCUT2D eigenvalue weighted by Crippen LogP contribution is -2.42. The van der Waals surface area contributed by atoms with E-state index < -0.39 is 16.1 Å². The molecular formula is C25H36N2O5S. The molecule has 1 aliphatic rings. The van der Waals surface area contributed by atoms with E-state index in [4.69, 9.17) is 4.74 Å². The predicted octanol–water partition coefficient (Wildman–Crippen LogP) is 3.17. The smallest absolute Gasteiger partial charge is 0.243 e. The summed E-state index contributed by atoms with van der Waals surface area (Å²) in [5.74, 6) is 1.14. The number of rotatable bonds is 12. The maximum Gasteiger partial charge on any atom is 0.243 e. The van der Waals surface area contributed by atoms with Crippen LogP contribution in [0.5, 0.6) is 11.5 Å². The summed E-state index contributed by atoms with van der Waals surface area (Å²) in [4.78, 5) is 0.371. The minimum atomic E-state index is -3.45. The number of phenolic OH excluding ortho intramolecular Hbond substituents is 1. The first-order chi connectivity index (χ1) is 15.9. The summed E-state index contributed by atoms with van der Waals surface area (Å²) in [7, 11) is -3.45. The molecule has 2 aromatic carbocycles. The van der Waals surface area contributed by atoms with E-state index in [2.05, 4.69) is 12.2 Å². The van der Waals surface area contributed by atoms with Crippen molar-refractivity contribution in [3.63, 3.8) is 0 Å². The number of hydrogen-bond acceptors (Lipinski definition) is 6. The van der Waals surface area contributed by atoms with E-state index in [9.17, 15) is 18.6 Å². The number of aliphatic hydroxyl groups is 1. The normalized spacial score (nSPS) is 16.5. The zero-order chi connectivity index (χ0) is 23.7. The Morgan fingerprint density at radius 3 is 2.39 bits per heavy atom. The van der Waals surface area contributed by atoms with Gasteiger partial charge < -0.3 is 20.3 Å². The summed E-state index contributed by atoms with van der Waals surface area (Å²) in [5.41, 5.74) is 1.18. The fourth-order valence-electron chi connectivity index (χ4n) is 3.96. The molecule has 7 nitrogen and oxygen atoms in total. The van der Waals surface area contributed by atoms with Crippen molar-refractivity contribution < 1.29 is 23.4 Å². The Balaban J connectivity index is 1.37. The molecule has 3 N–H and O–H groups in total. The van der Waals surface area contributed by atoms with Crippen molar-refractivity contribution in [1.82, 2.24) is 9.62 Å². The SMILES string of the molecule is CCCCc1ccc(S(=O)(=O)N2CCC(CNC[C@H](O)COc3ccc(O)cc3)CC2)cc1. The number of hydrogen-bond donors (Lipinski definition) is 3. The van der Waals surface area contributed by atoms with E-state index in [1.807, 2.05) is 12.1 Å². The van der Waals surface area contributed by atoms with Gasteiger partial charge in [-0.2, -0.15) is 4.31 Å². The molecular weight excluding hydrogens is 440 g/mol. The molecule has 2 aromatic rings. The molecule has 182 valence electrons. The van der Waals surface area contributed by atoms with Crippen molar-refractivity contribution in [1.29, 1.82) is 0 Å². The number of nitrogens with zero attached hydrogens (tertiary/aromatic N) is 1. The van der Waals surface area contributed by atoms with Crippen LogP contribution in [0, 0.1) is 5.92 Å². The molecule has 8 heteroatoms. The molecule has 0 bridgehead atoms. The molecule has 3 rings (SSSR count). The Morgan fingerprint density at radius 1 is 1.09 bits per heavy atom. The number of benzene rings is 2. The van der Waals surface area contributed by atoms with Crippen LogP contribution in [0.4, 0.5) is 0 Å². The average molecular weight is 477 g/mol. The maximum atomic E-state index is 13.0. The van der Waals surface area contributed by atoms with Crippen LogP contribution >= 0.6 is 0 Å². The number of piperidine rings is 1. The highest BCUT2D eigenvalue weighted by Gasteiger charge is 2.29. The summed E-state index contributed by atoms with van der Waals surface area (Å²) in [6.45, 7) is 4.47. The number of phenols is 1. The molecule has 0 aromatic heterocycles. The van der Waals surface area contributed by atoms with Crippen LogP contribution in [0.25, 0.3) is 0 Å². The Labute approximate surface area is 197 Å². The quantitative estimate of drug-likeness (QED) is 0.435. The van der Waals surface area contributed by atoms with Crippen LogP contribution in [0.3, 0.4) is 0 Å². The number of unbranched alkanes of at least 4 members (excludes halogenated alkanes) is 1. The van der Waals surface area contributed by atoms with Gasteiger partial charge in [0, 0.05) is 19.6 Å². The van der Waals surface area contributed by atoms with E-state index in [1.165, 1.54) is 17.7 Å². The second kappa shape index (κ2) is 12.4. The van der Waals surface area contributed by atoms with E-state index in [0.29, 0.717) is 36.2 Å². The summed E-state index contributed by atoms with van der Waals surface area (Å²) in [5, 5.41) is 22.7. The van der Waals surface area contributed by atoms with Crippen LogP contribution in [0.1, 0.15) is 38.2 Å². The Bertz CT molecular complexity index is 940. The van der Waals surface area contributed by atoms with Crippen molar-refractivity contribution in [3.05, 3.63) is 54.1 Å². The molecule has 0 saturated carbocycles. The van der Waals surface area contributed by atoms with Gasteiger partial charge in [-0.05, 0) is 80.1 Å². The largest absolute Gasteiger partial charge is 0.508 e. The minimum Gasteiger partial charge on any atom is -0.508 e. The Kier molecular flexibility index (Phi) is 9.55. The van der Waals surface area contributed by atoms with Gasteiger partial charge in [-0.1, -0.05) is 25.5 Å². The van der Waals surface area contributed by atoms with Crippen LogP contribution in [0.15, 0.2) is 53.4 Å². The number of ether oxygens (including phenoxy) is 1. The van der Waals surface area contributed by atoms with Gasteiger partial charge in [0.15, 0.2) is 0 Å². The van der Waals surface area contributed by atoms with Gasteiger partial charge in [0.25, 0.3) is 0 Å². The number of sulfonamides is 1. The lowest BCUT2D eigenvalue weighted by Gasteiger charge is -2.31. The van der Waals surface area contributed by atoms with Gasteiger partial charge in [0.2, 0.25) is 10.0 Å². The third-order valence-electron chi connectivity index (χ3n) is 6.05. The van der Waals surface area contributed by atoms with Crippen LogP contribution in [0.2, 0.25) is 0 Å². The van der Waals surface area contributed by atoms with Crippen LogP contribution < -0.4 is 10.1 Å².